The number of carbonyl (C=O) groups is 1. The number of aromatic nitrogens is 1. The van der Waals surface area contributed by atoms with Crippen LogP contribution in [0.25, 0.3) is 11.1 Å². The van der Waals surface area contributed by atoms with Crippen LogP contribution >= 0.6 is 0 Å². The summed E-state index contributed by atoms with van der Waals surface area (Å²) in [6, 6.07) is 20.3. The van der Waals surface area contributed by atoms with Crippen molar-refractivity contribution in [3.05, 3.63) is 89.7 Å². The molecule has 0 aliphatic heterocycles. The molecule has 1 aliphatic rings. The highest BCUT2D eigenvalue weighted by Gasteiger charge is 2.29. The third-order valence-corrected chi connectivity index (χ3v) is 5.28. The normalized spacial score (nSPS) is 12.3. The molecular formula is C24H24N2O3. The number of aliphatic hydroxyl groups is 1. The lowest BCUT2D eigenvalue weighted by molar-refractivity contribution is 0.0944. The minimum atomic E-state index is -0.371. The summed E-state index contributed by atoms with van der Waals surface area (Å²) in [6.45, 7) is 1.16. The quantitative estimate of drug-likeness (QED) is 0.658. The Morgan fingerprint density at radius 3 is 2.31 bits per heavy atom. The SMILES string of the molecule is O=C(OCC1c2ccccc2-c2ccccc21)N(CCCO)Cc1cccnc1. The van der Waals surface area contributed by atoms with E-state index in [1.54, 1.807) is 17.3 Å². The average molecular weight is 388 g/mol. The molecule has 3 aromatic rings. The van der Waals surface area contributed by atoms with Crippen molar-refractivity contribution in [1.29, 1.82) is 0 Å². The zero-order valence-corrected chi connectivity index (χ0v) is 16.2. The van der Waals surface area contributed by atoms with Gasteiger partial charge in [0.2, 0.25) is 0 Å². The minimum Gasteiger partial charge on any atom is -0.448 e. The number of ether oxygens (including phenoxy) is 1. The van der Waals surface area contributed by atoms with Crippen LogP contribution in [0.4, 0.5) is 4.79 Å². The van der Waals surface area contributed by atoms with E-state index in [9.17, 15) is 9.90 Å². The van der Waals surface area contributed by atoms with Crippen LogP contribution in [0.2, 0.25) is 0 Å². The van der Waals surface area contributed by atoms with Gasteiger partial charge in [-0.25, -0.2) is 4.79 Å². The summed E-state index contributed by atoms with van der Waals surface area (Å²) >= 11 is 0. The zero-order valence-electron chi connectivity index (χ0n) is 16.2. The summed E-state index contributed by atoms with van der Waals surface area (Å²) in [4.78, 5) is 18.6. The molecule has 148 valence electrons. The molecule has 29 heavy (non-hydrogen) atoms. The number of pyridine rings is 1. The predicted molar refractivity (Wildman–Crippen MR) is 111 cm³/mol. The molecule has 5 nitrogen and oxygen atoms in total. The van der Waals surface area contributed by atoms with Gasteiger partial charge in [-0.15, -0.1) is 0 Å². The van der Waals surface area contributed by atoms with Gasteiger partial charge in [-0.3, -0.25) is 4.98 Å². The van der Waals surface area contributed by atoms with E-state index in [0.29, 0.717) is 19.5 Å². The van der Waals surface area contributed by atoms with Gasteiger partial charge >= 0.3 is 6.09 Å². The van der Waals surface area contributed by atoms with Crippen LogP contribution in [0.3, 0.4) is 0 Å². The smallest absolute Gasteiger partial charge is 0.410 e. The maximum absolute atomic E-state index is 12.8. The Hall–Kier alpha value is -3.18. The topological polar surface area (TPSA) is 62.7 Å². The molecule has 0 unspecified atom stereocenters. The van der Waals surface area contributed by atoms with Crippen molar-refractivity contribution < 1.29 is 14.6 Å². The molecule has 2 aromatic carbocycles. The van der Waals surface area contributed by atoms with Gasteiger partial charge in [0, 0.05) is 31.5 Å². The first kappa shape index (κ1) is 19.2. The number of nitrogens with zero attached hydrogens (tertiary/aromatic N) is 2. The Bertz CT molecular complexity index is 929. The molecule has 0 spiro atoms. The summed E-state index contributed by atoms with van der Waals surface area (Å²) in [5.74, 6) is 0.0319. The van der Waals surface area contributed by atoms with Crippen LogP contribution in [0, 0.1) is 0 Å². The Morgan fingerprint density at radius 2 is 1.69 bits per heavy atom. The van der Waals surface area contributed by atoms with Gasteiger partial charge in [-0.05, 0) is 40.3 Å². The molecule has 0 saturated heterocycles. The lowest BCUT2D eigenvalue weighted by atomic mass is 9.98. The van der Waals surface area contributed by atoms with Crippen LogP contribution in [-0.2, 0) is 11.3 Å². The fraction of sp³-hybridized carbons (Fsp3) is 0.250. The molecule has 1 amide bonds. The summed E-state index contributed by atoms with van der Waals surface area (Å²) in [5, 5.41) is 9.19. The summed E-state index contributed by atoms with van der Waals surface area (Å²) in [5.41, 5.74) is 5.72. The highest BCUT2D eigenvalue weighted by Crippen LogP contribution is 2.44. The summed E-state index contributed by atoms with van der Waals surface area (Å²) in [6.07, 6.45) is 3.58. The van der Waals surface area contributed by atoms with Gasteiger partial charge in [0.15, 0.2) is 0 Å². The third-order valence-electron chi connectivity index (χ3n) is 5.28. The highest BCUT2D eigenvalue weighted by molar-refractivity contribution is 5.79. The van der Waals surface area contributed by atoms with Crippen molar-refractivity contribution in [3.63, 3.8) is 0 Å². The van der Waals surface area contributed by atoms with E-state index in [4.69, 9.17) is 4.74 Å². The Labute approximate surface area is 170 Å². The van der Waals surface area contributed by atoms with Crippen molar-refractivity contribution in [2.75, 3.05) is 19.8 Å². The molecule has 0 fully saturated rings. The number of hydrogen-bond acceptors (Lipinski definition) is 4. The van der Waals surface area contributed by atoms with E-state index < -0.39 is 0 Å². The Morgan fingerprint density at radius 1 is 1.00 bits per heavy atom. The first-order valence-corrected chi connectivity index (χ1v) is 9.87. The number of carbonyl (C=O) groups excluding carboxylic acids is 1. The molecule has 0 atom stereocenters. The minimum absolute atomic E-state index is 0.0280. The standard InChI is InChI=1S/C24H24N2O3/c27-14-6-13-26(16-18-7-5-12-25-15-18)24(28)29-17-23-21-10-3-1-8-19(21)20-9-2-4-11-22(20)23/h1-5,7-12,15,23,27H,6,13-14,16-17H2. The molecule has 0 bridgehead atoms. The second-order valence-corrected chi connectivity index (χ2v) is 7.16. The van der Waals surface area contributed by atoms with E-state index in [1.807, 2.05) is 36.4 Å². The average Bonchev–Trinajstić information content (AvgIpc) is 3.09. The van der Waals surface area contributed by atoms with Crippen LogP contribution in [0.15, 0.2) is 73.1 Å². The van der Waals surface area contributed by atoms with E-state index in [2.05, 4.69) is 29.2 Å². The van der Waals surface area contributed by atoms with Crippen molar-refractivity contribution in [2.45, 2.75) is 18.9 Å². The molecule has 4 rings (SSSR count). The molecule has 0 radical (unpaired) electrons. The summed E-state index contributed by atoms with van der Waals surface area (Å²) < 4.78 is 5.76. The largest absolute Gasteiger partial charge is 0.448 e. The molecule has 1 heterocycles. The van der Waals surface area contributed by atoms with Gasteiger partial charge in [0.1, 0.15) is 6.61 Å². The van der Waals surface area contributed by atoms with Crippen molar-refractivity contribution in [2.24, 2.45) is 0 Å². The van der Waals surface area contributed by atoms with Gasteiger partial charge in [-0.2, -0.15) is 0 Å². The second kappa shape index (κ2) is 8.88. The predicted octanol–water partition coefficient (Wildman–Crippen LogP) is 4.22. The summed E-state index contributed by atoms with van der Waals surface area (Å²) in [7, 11) is 0. The van der Waals surface area contributed by atoms with Crippen LogP contribution < -0.4 is 0 Å². The number of fused-ring (bicyclic) bond motifs is 3. The van der Waals surface area contributed by atoms with Gasteiger partial charge in [0.05, 0.1) is 6.54 Å². The first-order chi connectivity index (χ1) is 14.3. The Kier molecular flexibility index (Phi) is 5.86. The number of hydrogen-bond donors (Lipinski definition) is 1. The number of rotatable bonds is 7. The zero-order chi connectivity index (χ0) is 20.1. The van der Waals surface area contributed by atoms with Gasteiger partial charge in [0.25, 0.3) is 0 Å². The number of benzene rings is 2. The van der Waals surface area contributed by atoms with Crippen molar-refractivity contribution >= 4 is 6.09 Å². The first-order valence-electron chi connectivity index (χ1n) is 9.87. The maximum atomic E-state index is 12.8. The number of aliphatic hydroxyl groups excluding tert-OH is 1. The van der Waals surface area contributed by atoms with Crippen LogP contribution in [0.1, 0.15) is 29.0 Å². The highest BCUT2D eigenvalue weighted by atomic mass is 16.6. The molecule has 5 heteroatoms. The fourth-order valence-corrected chi connectivity index (χ4v) is 3.89. The number of amides is 1. The van der Waals surface area contributed by atoms with E-state index in [1.165, 1.54) is 22.3 Å². The lowest BCUT2D eigenvalue weighted by Gasteiger charge is -2.23. The molecule has 1 aliphatic carbocycles. The van der Waals surface area contributed by atoms with Crippen LogP contribution in [-0.4, -0.2) is 40.8 Å². The lowest BCUT2D eigenvalue weighted by Crippen LogP contribution is -2.33. The van der Waals surface area contributed by atoms with E-state index >= 15 is 0 Å². The van der Waals surface area contributed by atoms with E-state index in [-0.39, 0.29) is 25.2 Å². The molecule has 1 aromatic heterocycles. The van der Waals surface area contributed by atoms with Crippen molar-refractivity contribution in [1.82, 2.24) is 9.88 Å². The maximum Gasteiger partial charge on any atom is 0.410 e. The van der Waals surface area contributed by atoms with Gasteiger partial charge in [-0.1, -0.05) is 54.6 Å². The molecule has 0 saturated carbocycles. The Balaban J connectivity index is 1.49. The molecule has 1 N–H and O–H groups in total. The van der Waals surface area contributed by atoms with Gasteiger partial charge < -0.3 is 14.7 Å². The van der Waals surface area contributed by atoms with Crippen LogP contribution in [0.5, 0.6) is 0 Å². The van der Waals surface area contributed by atoms with Crippen molar-refractivity contribution in [3.8, 4) is 11.1 Å². The monoisotopic (exact) mass is 388 g/mol. The third kappa shape index (κ3) is 4.15. The second-order valence-electron chi connectivity index (χ2n) is 7.16. The fourth-order valence-electron chi connectivity index (χ4n) is 3.89. The molecular weight excluding hydrogens is 364 g/mol. The van der Waals surface area contributed by atoms with E-state index in [0.717, 1.165) is 5.56 Å².